The van der Waals surface area contributed by atoms with Crippen LogP contribution in [0.4, 0.5) is 0 Å². The molecule has 1 saturated heterocycles. The van der Waals surface area contributed by atoms with Crippen LogP contribution in [0.15, 0.2) is 24.4 Å². The standard InChI is InChI=1S/C16H23NO3/c1-12(2)10-15(14-7-3-4-8-17-14)20-16(18)11-13-6-5-9-19-13/h3-4,7-8,12-13,15H,5-6,9-11H2,1-2H3/t13-,15+/m0/s1. The average Bonchev–Trinajstić information content (AvgIpc) is 2.91. The molecule has 0 bridgehead atoms. The highest BCUT2D eigenvalue weighted by Gasteiger charge is 2.24. The number of aromatic nitrogens is 1. The van der Waals surface area contributed by atoms with Crippen molar-refractivity contribution in [3.63, 3.8) is 0 Å². The number of ether oxygens (including phenoxy) is 2. The SMILES string of the molecule is CC(C)C[C@@H](OC(=O)C[C@@H]1CCCO1)c1ccccn1. The fourth-order valence-corrected chi connectivity index (χ4v) is 2.42. The number of rotatable bonds is 6. The van der Waals surface area contributed by atoms with E-state index in [-0.39, 0.29) is 18.2 Å². The van der Waals surface area contributed by atoms with Gasteiger partial charge in [-0.1, -0.05) is 19.9 Å². The van der Waals surface area contributed by atoms with Gasteiger partial charge in [-0.05, 0) is 37.3 Å². The van der Waals surface area contributed by atoms with Gasteiger partial charge in [0.05, 0.1) is 18.2 Å². The zero-order valence-corrected chi connectivity index (χ0v) is 12.2. The highest BCUT2D eigenvalue weighted by molar-refractivity contribution is 5.70. The zero-order chi connectivity index (χ0) is 14.4. The average molecular weight is 277 g/mol. The molecule has 1 fully saturated rings. The number of nitrogens with zero attached hydrogens (tertiary/aromatic N) is 1. The van der Waals surface area contributed by atoms with Crippen LogP contribution in [0.25, 0.3) is 0 Å². The van der Waals surface area contributed by atoms with Gasteiger partial charge in [0.2, 0.25) is 0 Å². The van der Waals surface area contributed by atoms with Crippen molar-refractivity contribution >= 4 is 5.97 Å². The molecule has 0 aliphatic carbocycles. The molecule has 2 rings (SSSR count). The zero-order valence-electron chi connectivity index (χ0n) is 12.2. The minimum atomic E-state index is -0.259. The van der Waals surface area contributed by atoms with Gasteiger partial charge in [0, 0.05) is 12.8 Å². The first-order valence-electron chi connectivity index (χ1n) is 7.37. The monoisotopic (exact) mass is 277 g/mol. The highest BCUT2D eigenvalue weighted by Crippen LogP contribution is 2.25. The molecule has 0 radical (unpaired) electrons. The maximum atomic E-state index is 12.0. The molecule has 0 spiro atoms. The predicted molar refractivity (Wildman–Crippen MR) is 76.1 cm³/mol. The van der Waals surface area contributed by atoms with Gasteiger partial charge >= 0.3 is 5.97 Å². The lowest BCUT2D eigenvalue weighted by molar-refractivity contribution is -0.153. The Bertz CT molecular complexity index is 413. The molecule has 2 heterocycles. The van der Waals surface area contributed by atoms with Crippen LogP contribution in [0, 0.1) is 5.92 Å². The van der Waals surface area contributed by atoms with Gasteiger partial charge in [0.1, 0.15) is 6.10 Å². The first kappa shape index (κ1) is 15.0. The van der Waals surface area contributed by atoms with Gasteiger partial charge < -0.3 is 9.47 Å². The fourth-order valence-electron chi connectivity index (χ4n) is 2.42. The third kappa shape index (κ3) is 4.60. The van der Waals surface area contributed by atoms with Crippen molar-refractivity contribution in [3.8, 4) is 0 Å². The highest BCUT2D eigenvalue weighted by atomic mass is 16.5. The quantitative estimate of drug-likeness (QED) is 0.749. The largest absolute Gasteiger partial charge is 0.456 e. The summed E-state index contributed by atoms with van der Waals surface area (Å²) in [6.45, 7) is 4.99. The fraction of sp³-hybridized carbons (Fsp3) is 0.625. The number of hydrogen-bond donors (Lipinski definition) is 0. The number of pyridine rings is 1. The maximum absolute atomic E-state index is 12.0. The Balaban J connectivity index is 1.94. The van der Waals surface area contributed by atoms with Crippen molar-refractivity contribution < 1.29 is 14.3 Å². The first-order chi connectivity index (χ1) is 9.65. The third-order valence-electron chi connectivity index (χ3n) is 3.40. The summed E-state index contributed by atoms with van der Waals surface area (Å²) in [6.07, 6.45) is 4.63. The molecule has 0 aromatic carbocycles. The topological polar surface area (TPSA) is 48.4 Å². The van der Waals surface area contributed by atoms with E-state index in [0.717, 1.165) is 31.6 Å². The molecule has 1 aliphatic heterocycles. The Hall–Kier alpha value is -1.42. The smallest absolute Gasteiger partial charge is 0.309 e. The van der Waals surface area contributed by atoms with E-state index >= 15 is 0 Å². The van der Waals surface area contributed by atoms with E-state index in [4.69, 9.17) is 9.47 Å². The molecule has 0 amide bonds. The number of esters is 1. The van der Waals surface area contributed by atoms with Gasteiger partial charge in [-0.25, -0.2) is 0 Å². The van der Waals surface area contributed by atoms with E-state index < -0.39 is 0 Å². The second-order valence-electron chi connectivity index (χ2n) is 5.70. The maximum Gasteiger partial charge on any atom is 0.309 e. The summed E-state index contributed by atoms with van der Waals surface area (Å²) in [5, 5.41) is 0. The van der Waals surface area contributed by atoms with Gasteiger partial charge in [-0.15, -0.1) is 0 Å². The first-order valence-corrected chi connectivity index (χ1v) is 7.37. The molecule has 4 nitrogen and oxygen atoms in total. The second kappa shape index (κ2) is 7.39. The second-order valence-corrected chi connectivity index (χ2v) is 5.70. The molecule has 2 atom stereocenters. The molecular formula is C16H23NO3. The van der Waals surface area contributed by atoms with Crippen LogP contribution in [0.5, 0.6) is 0 Å². The Morgan fingerprint density at radius 2 is 2.35 bits per heavy atom. The van der Waals surface area contributed by atoms with Gasteiger partial charge in [-0.3, -0.25) is 9.78 Å². The lowest BCUT2D eigenvalue weighted by Gasteiger charge is -2.20. The van der Waals surface area contributed by atoms with E-state index in [0.29, 0.717) is 12.3 Å². The normalized spacial score (nSPS) is 20.1. The summed E-state index contributed by atoms with van der Waals surface area (Å²) in [5.74, 6) is 0.255. The lowest BCUT2D eigenvalue weighted by Crippen LogP contribution is -2.19. The van der Waals surface area contributed by atoms with Crippen LogP contribution in [0.2, 0.25) is 0 Å². The van der Waals surface area contributed by atoms with E-state index in [1.165, 1.54) is 0 Å². The van der Waals surface area contributed by atoms with Gasteiger partial charge in [0.15, 0.2) is 0 Å². The Labute approximate surface area is 120 Å². The van der Waals surface area contributed by atoms with Crippen LogP contribution < -0.4 is 0 Å². The Morgan fingerprint density at radius 3 is 2.95 bits per heavy atom. The van der Waals surface area contributed by atoms with Crippen molar-refractivity contribution in [2.45, 2.75) is 51.7 Å². The molecule has 110 valence electrons. The molecule has 0 N–H and O–H groups in total. The van der Waals surface area contributed by atoms with E-state index in [1.807, 2.05) is 18.2 Å². The van der Waals surface area contributed by atoms with E-state index in [2.05, 4.69) is 18.8 Å². The Kier molecular flexibility index (Phi) is 5.53. The Morgan fingerprint density at radius 1 is 1.50 bits per heavy atom. The lowest BCUT2D eigenvalue weighted by atomic mass is 10.0. The summed E-state index contributed by atoms with van der Waals surface area (Å²) in [6, 6.07) is 5.69. The van der Waals surface area contributed by atoms with Crippen LogP contribution in [0.3, 0.4) is 0 Å². The molecule has 0 saturated carbocycles. The molecule has 1 aromatic rings. The number of carbonyl (C=O) groups excluding carboxylic acids is 1. The molecular weight excluding hydrogens is 254 g/mol. The predicted octanol–water partition coefficient (Wildman–Crippen LogP) is 3.28. The summed E-state index contributed by atoms with van der Waals surface area (Å²) >= 11 is 0. The van der Waals surface area contributed by atoms with Crippen molar-refractivity contribution in [2.24, 2.45) is 5.92 Å². The molecule has 20 heavy (non-hydrogen) atoms. The minimum Gasteiger partial charge on any atom is -0.456 e. The molecule has 4 heteroatoms. The van der Waals surface area contributed by atoms with Crippen LogP contribution >= 0.6 is 0 Å². The minimum absolute atomic E-state index is 0.0333. The summed E-state index contributed by atoms with van der Waals surface area (Å²) in [4.78, 5) is 16.3. The van der Waals surface area contributed by atoms with Crippen molar-refractivity contribution in [3.05, 3.63) is 30.1 Å². The number of hydrogen-bond acceptors (Lipinski definition) is 4. The summed E-state index contributed by atoms with van der Waals surface area (Å²) in [7, 11) is 0. The summed E-state index contributed by atoms with van der Waals surface area (Å²) in [5.41, 5.74) is 0.821. The van der Waals surface area contributed by atoms with Gasteiger partial charge in [0.25, 0.3) is 0 Å². The summed E-state index contributed by atoms with van der Waals surface area (Å²) < 4.78 is 11.1. The molecule has 1 aromatic heterocycles. The van der Waals surface area contributed by atoms with E-state index in [1.54, 1.807) is 6.20 Å². The molecule has 1 aliphatic rings. The van der Waals surface area contributed by atoms with Gasteiger partial charge in [-0.2, -0.15) is 0 Å². The van der Waals surface area contributed by atoms with Crippen molar-refractivity contribution in [1.82, 2.24) is 4.98 Å². The van der Waals surface area contributed by atoms with Crippen LogP contribution in [-0.4, -0.2) is 23.7 Å². The van der Waals surface area contributed by atoms with E-state index in [9.17, 15) is 4.79 Å². The number of carbonyl (C=O) groups is 1. The van der Waals surface area contributed by atoms with Crippen molar-refractivity contribution in [2.75, 3.05) is 6.61 Å². The van der Waals surface area contributed by atoms with Crippen LogP contribution in [0.1, 0.15) is 51.3 Å². The van der Waals surface area contributed by atoms with Crippen LogP contribution in [-0.2, 0) is 14.3 Å². The third-order valence-corrected chi connectivity index (χ3v) is 3.40. The molecule has 0 unspecified atom stereocenters. The van der Waals surface area contributed by atoms with Crippen molar-refractivity contribution in [1.29, 1.82) is 0 Å².